The molecule has 1 N–H and O–H groups in total. The number of carbonyl (C=O) groups excluding carboxylic acids is 2. The minimum Gasteiger partial charge on any atom is -0.497 e. The molecule has 1 heterocycles. The van der Waals surface area contributed by atoms with Gasteiger partial charge in [0.25, 0.3) is 5.91 Å². The Balaban J connectivity index is 1.60. The summed E-state index contributed by atoms with van der Waals surface area (Å²) in [6, 6.07) is 21.2. The van der Waals surface area contributed by atoms with Gasteiger partial charge in [0.1, 0.15) is 17.6 Å². The first-order chi connectivity index (χ1) is 16.0. The maximum absolute atomic E-state index is 13.4. The Bertz CT molecular complexity index is 1150. The SMILES string of the molecule is COc1ccc(N2C(=O)C(CC(=O)Nc3ccccc3)N(Cc3ccc(F)cc3)C2=S)cc1. The lowest BCUT2D eigenvalue weighted by molar-refractivity contribution is -0.124. The van der Waals surface area contributed by atoms with E-state index in [0.29, 0.717) is 17.1 Å². The van der Waals surface area contributed by atoms with Crippen molar-refractivity contribution in [3.63, 3.8) is 0 Å². The molecule has 0 aromatic heterocycles. The number of nitrogens with zero attached hydrogens (tertiary/aromatic N) is 2. The first-order valence-corrected chi connectivity index (χ1v) is 10.7. The Kier molecular flexibility index (Phi) is 6.65. The minimum atomic E-state index is -0.798. The van der Waals surface area contributed by atoms with Gasteiger partial charge in [-0.2, -0.15) is 0 Å². The van der Waals surface area contributed by atoms with Crippen molar-refractivity contribution in [1.29, 1.82) is 0 Å². The molecule has 1 fully saturated rings. The molecule has 1 aliphatic rings. The molecular formula is C25H22FN3O3S. The van der Waals surface area contributed by atoms with Gasteiger partial charge in [0.2, 0.25) is 5.91 Å². The van der Waals surface area contributed by atoms with Crippen molar-refractivity contribution in [2.75, 3.05) is 17.3 Å². The van der Waals surface area contributed by atoms with Gasteiger partial charge in [-0.1, -0.05) is 30.3 Å². The molecule has 4 rings (SSSR count). The first kappa shape index (κ1) is 22.4. The highest BCUT2D eigenvalue weighted by Crippen LogP contribution is 2.30. The van der Waals surface area contributed by atoms with Crippen molar-refractivity contribution in [2.45, 2.75) is 19.0 Å². The fourth-order valence-corrected chi connectivity index (χ4v) is 4.07. The van der Waals surface area contributed by atoms with Crippen molar-refractivity contribution < 1.29 is 18.7 Å². The van der Waals surface area contributed by atoms with Crippen LogP contribution in [-0.4, -0.2) is 35.0 Å². The van der Waals surface area contributed by atoms with Gasteiger partial charge in [-0.05, 0) is 66.3 Å². The highest BCUT2D eigenvalue weighted by atomic mass is 32.1. The second-order valence-corrected chi connectivity index (χ2v) is 7.91. The lowest BCUT2D eigenvalue weighted by atomic mass is 10.1. The summed E-state index contributed by atoms with van der Waals surface area (Å²) in [6.45, 7) is 0.265. The molecule has 1 saturated heterocycles. The summed E-state index contributed by atoms with van der Waals surface area (Å²) in [4.78, 5) is 29.3. The standard InChI is InChI=1S/C25H22FN3O3S/c1-32-21-13-11-20(12-14-21)29-24(31)22(15-23(30)27-19-5-3-2-4-6-19)28(25(29)33)16-17-7-9-18(26)10-8-17/h2-14,22H,15-16H2,1H3,(H,27,30). The van der Waals surface area contributed by atoms with Crippen LogP contribution in [-0.2, 0) is 16.1 Å². The van der Waals surface area contributed by atoms with Crippen LogP contribution in [0.2, 0.25) is 0 Å². The van der Waals surface area contributed by atoms with Gasteiger partial charge >= 0.3 is 0 Å². The molecule has 0 saturated carbocycles. The largest absolute Gasteiger partial charge is 0.497 e. The first-order valence-electron chi connectivity index (χ1n) is 10.3. The number of amides is 2. The number of hydrogen-bond acceptors (Lipinski definition) is 4. The van der Waals surface area contributed by atoms with Crippen LogP contribution < -0.4 is 15.0 Å². The molecule has 1 aliphatic heterocycles. The third-order valence-electron chi connectivity index (χ3n) is 5.35. The summed E-state index contributed by atoms with van der Waals surface area (Å²) in [7, 11) is 1.56. The number of benzene rings is 3. The molecule has 3 aromatic carbocycles. The average molecular weight is 464 g/mol. The Morgan fingerprint density at radius 3 is 2.33 bits per heavy atom. The smallest absolute Gasteiger partial charge is 0.256 e. The van der Waals surface area contributed by atoms with Crippen LogP contribution in [0.25, 0.3) is 0 Å². The third-order valence-corrected chi connectivity index (χ3v) is 5.77. The monoisotopic (exact) mass is 463 g/mol. The van der Waals surface area contributed by atoms with Crippen LogP contribution in [0.15, 0.2) is 78.9 Å². The van der Waals surface area contributed by atoms with Gasteiger partial charge in [0.05, 0.1) is 19.2 Å². The molecule has 0 aliphatic carbocycles. The number of ether oxygens (including phenoxy) is 1. The highest BCUT2D eigenvalue weighted by Gasteiger charge is 2.44. The topological polar surface area (TPSA) is 61.9 Å². The molecule has 1 unspecified atom stereocenters. The fourth-order valence-electron chi connectivity index (χ4n) is 3.68. The number of thiocarbonyl (C=S) groups is 1. The summed E-state index contributed by atoms with van der Waals surface area (Å²) in [5, 5.41) is 3.10. The molecule has 168 valence electrons. The Morgan fingerprint density at radius 1 is 1.03 bits per heavy atom. The van der Waals surface area contributed by atoms with Crippen molar-refractivity contribution in [1.82, 2.24) is 4.90 Å². The predicted octanol–water partition coefficient (Wildman–Crippen LogP) is 4.37. The molecule has 8 heteroatoms. The van der Waals surface area contributed by atoms with Crippen molar-refractivity contribution in [3.8, 4) is 5.75 Å². The van der Waals surface area contributed by atoms with Gasteiger partial charge in [-0.15, -0.1) is 0 Å². The molecule has 0 radical (unpaired) electrons. The van der Waals surface area contributed by atoms with E-state index in [9.17, 15) is 14.0 Å². The lowest BCUT2D eigenvalue weighted by Crippen LogP contribution is -2.37. The molecule has 33 heavy (non-hydrogen) atoms. The van der Waals surface area contributed by atoms with E-state index in [1.807, 2.05) is 18.2 Å². The summed E-state index contributed by atoms with van der Waals surface area (Å²) >= 11 is 5.66. The average Bonchev–Trinajstić information content (AvgIpc) is 3.05. The van der Waals surface area contributed by atoms with Crippen LogP contribution in [0.4, 0.5) is 15.8 Å². The van der Waals surface area contributed by atoms with E-state index in [1.165, 1.54) is 17.0 Å². The van der Waals surface area contributed by atoms with Crippen LogP contribution in [0.1, 0.15) is 12.0 Å². The van der Waals surface area contributed by atoms with Crippen LogP contribution in [0, 0.1) is 5.82 Å². The summed E-state index contributed by atoms with van der Waals surface area (Å²) in [5.74, 6) is -0.297. The van der Waals surface area contributed by atoms with E-state index in [0.717, 1.165) is 5.56 Å². The number of anilines is 2. The van der Waals surface area contributed by atoms with E-state index in [-0.39, 0.29) is 35.7 Å². The fraction of sp³-hybridized carbons (Fsp3) is 0.160. The number of rotatable bonds is 7. The second-order valence-electron chi connectivity index (χ2n) is 7.54. The van der Waals surface area contributed by atoms with Gasteiger partial charge < -0.3 is 15.0 Å². The van der Waals surface area contributed by atoms with E-state index in [2.05, 4.69) is 5.32 Å². The molecule has 0 spiro atoms. The molecule has 1 atom stereocenters. The molecule has 6 nitrogen and oxygen atoms in total. The number of nitrogens with one attached hydrogen (secondary N) is 1. The molecule has 3 aromatic rings. The maximum Gasteiger partial charge on any atom is 0.256 e. The highest BCUT2D eigenvalue weighted by molar-refractivity contribution is 7.80. The van der Waals surface area contributed by atoms with Crippen molar-refractivity contribution in [3.05, 3.63) is 90.2 Å². The zero-order valence-electron chi connectivity index (χ0n) is 17.9. The van der Waals surface area contributed by atoms with Crippen LogP contribution >= 0.6 is 12.2 Å². The molecule has 2 amide bonds. The summed E-state index contributed by atoms with van der Waals surface area (Å²) in [6.07, 6.45) is -0.0816. The molecular weight excluding hydrogens is 441 g/mol. The zero-order chi connectivity index (χ0) is 23.4. The van der Waals surface area contributed by atoms with Crippen LogP contribution in [0.3, 0.4) is 0 Å². The predicted molar refractivity (Wildman–Crippen MR) is 128 cm³/mol. The van der Waals surface area contributed by atoms with Gasteiger partial charge in [-0.25, -0.2) is 4.39 Å². The maximum atomic E-state index is 13.4. The van der Waals surface area contributed by atoms with E-state index >= 15 is 0 Å². The number of halogens is 1. The molecule has 0 bridgehead atoms. The normalized spacial score (nSPS) is 15.6. The van der Waals surface area contributed by atoms with Gasteiger partial charge in [0.15, 0.2) is 5.11 Å². The summed E-state index contributed by atoms with van der Waals surface area (Å²) in [5.41, 5.74) is 2.00. The lowest BCUT2D eigenvalue weighted by Gasteiger charge is -2.24. The van der Waals surface area contributed by atoms with E-state index in [1.54, 1.807) is 60.5 Å². The van der Waals surface area contributed by atoms with E-state index in [4.69, 9.17) is 17.0 Å². The number of hydrogen-bond donors (Lipinski definition) is 1. The van der Waals surface area contributed by atoms with Crippen molar-refractivity contribution in [2.24, 2.45) is 0 Å². The number of methoxy groups -OCH3 is 1. The van der Waals surface area contributed by atoms with Gasteiger partial charge in [-0.3, -0.25) is 14.5 Å². The van der Waals surface area contributed by atoms with Gasteiger partial charge in [0, 0.05) is 12.2 Å². The quantitative estimate of drug-likeness (QED) is 0.528. The Labute approximate surface area is 196 Å². The third kappa shape index (κ3) is 5.01. The Hall–Kier alpha value is -3.78. The van der Waals surface area contributed by atoms with Crippen molar-refractivity contribution >= 4 is 40.5 Å². The zero-order valence-corrected chi connectivity index (χ0v) is 18.7. The van der Waals surface area contributed by atoms with E-state index < -0.39 is 6.04 Å². The minimum absolute atomic E-state index is 0.0816. The summed E-state index contributed by atoms with van der Waals surface area (Å²) < 4.78 is 18.6. The second kappa shape index (κ2) is 9.79. The Morgan fingerprint density at radius 2 is 1.70 bits per heavy atom. The van der Waals surface area contributed by atoms with Crippen LogP contribution in [0.5, 0.6) is 5.75 Å². The number of para-hydroxylation sites is 1. The number of carbonyl (C=O) groups is 2.